The van der Waals surface area contributed by atoms with Crippen LogP contribution in [0.15, 0.2) is 85.1 Å². The number of esters is 3. The highest BCUT2D eigenvalue weighted by Crippen LogP contribution is 2.17. The Morgan fingerprint density at radius 1 is 0.253 bits per heavy atom. The van der Waals surface area contributed by atoms with Crippen molar-refractivity contribution in [1.82, 2.24) is 0 Å². The van der Waals surface area contributed by atoms with Crippen LogP contribution in [0.1, 0.15) is 342 Å². The fourth-order valence-corrected chi connectivity index (χ4v) is 9.69. The molecule has 6 nitrogen and oxygen atoms in total. The van der Waals surface area contributed by atoms with E-state index in [4.69, 9.17) is 14.2 Å². The Hall–Kier alpha value is -3.41. The molecule has 0 rings (SSSR count). The van der Waals surface area contributed by atoms with Crippen LogP contribution in [-0.4, -0.2) is 37.2 Å². The van der Waals surface area contributed by atoms with Gasteiger partial charge in [0, 0.05) is 19.3 Å². The van der Waals surface area contributed by atoms with Gasteiger partial charge in [0.25, 0.3) is 0 Å². The number of unbranched alkanes of at least 4 members (excludes halogenated alkanes) is 37. The number of carbonyl (C=O) groups excluding carboxylic acids is 3. The Bertz CT molecular complexity index is 1500. The number of rotatable bonds is 62. The number of allylic oxidation sites excluding steroid dienone is 14. The highest BCUT2D eigenvalue weighted by Gasteiger charge is 2.19. The van der Waals surface area contributed by atoms with Crippen LogP contribution in [0.4, 0.5) is 0 Å². The maximum Gasteiger partial charge on any atom is 0.306 e. The molecule has 456 valence electrons. The summed E-state index contributed by atoms with van der Waals surface area (Å²) >= 11 is 0. The van der Waals surface area contributed by atoms with Crippen molar-refractivity contribution in [2.45, 2.75) is 348 Å². The summed E-state index contributed by atoms with van der Waals surface area (Å²) < 4.78 is 16.9. The van der Waals surface area contributed by atoms with Crippen molar-refractivity contribution in [3.63, 3.8) is 0 Å². The molecule has 0 aliphatic carbocycles. The second-order valence-corrected chi connectivity index (χ2v) is 22.7. The van der Waals surface area contributed by atoms with Gasteiger partial charge in [-0.1, -0.05) is 286 Å². The molecule has 0 amide bonds. The van der Waals surface area contributed by atoms with Gasteiger partial charge >= 0.3 is 17.9 Å². The summed E-state index contributed by atoms with van der Waals surface area (Å²) in [5.74, 6) is -0.897. The Balaban J connectivity index is 4.32. The van der Waals surface area contributed by atoms with E-state index in [0.29, 0.717) is 19.3 Å². The van der Waals surface area contributed by atoms with Crippen LogP contribution in [0, 0.1) is 0 Å². The molecule has 0 saturated heterocycles. The molecule has 6 heteroatoms. The number of hydrogen-bond acceptors (Lipinski definition) is 6. The van der Waals surface area contributed by atoms with E-state index in [-0.39, 0.29) is 31.1 Å². The Morgan fingerprint density at radius 3 is 0.734 bits per heavy atom. The molecule has 1 atom stereocenters. The lowest BCUT2D eigenvalue weighted by atomic mass is 10.0. The molecule has 0 fully saturated rings. The van der Waals surface area contributed by atoms with Crippen LogP contribution in [0.25, 0.3) is 0 Å². The number of ether oxygens (including phenoxy) is 3. The van der Waals surface area contributed by atoms with Gasteiger partial charge in [-0.15, -0.1) is 0 Å². The van der Waals surface area contributed by atoms with Crippen LogP contribution in [-0.2, 0) is 28.6 Å². The lowest BCUT2D eigenvalue weighted by molar-refractivity contribution is -0.167. The fourth-order valence-electron chi connectivity index (χ4n) is 9.69. The molecule has 0 spiro atoms. The Kier molecular flexibility index (Phi) is 64.2. The van der Waals surface area contributed by atoms with E-state index in [1.54, 1.807) is 0 Å². The zero-order valence-electron chi connectivity index (χ0n) is 52.4. The van der Waals surface area contributed by atoms with Gasteiger partial charge in [-0.3, -0.25) is 14.4 Å². The summed E-state index contributed by atoms with van der Waals surface area (Å²) in [6.45, 7) is 6.59. The monoisotopic (exact) mass is 1100 g/mol. The maximum absolute atomic E-state index is 12.9. The summed E-state index contributed by atoms with van der Waals surface area (Å²) in [6.07, 6.45) is 88.8. The van der Waals surface area contributed by atoms with E-state index in [9.17, 15) is 14.4 Å². The minimum atomic E-state index is -0.791. The highest BCUT2D eigenvalue weighted by molar-refractivity contribution is 5.71. The molecule has 79 heavy (non-hydrogen) atoms. The fraction of sp³-hybridized carbons (Fsp3) is 0.767. The molecule has 0 heterocycles. The third-order valence-electron chi connectivity index (χ3n) is 14.8. The molecule has 1 unspecified atom stereocenters. The zero-order chi connectivity index (χ0) is 57.1. The second-order valence-electron chi connectivity index (χ2n) is 22.7. The van der Waals surface area contributed by atoms with Gasteiger partial charge in [-0.2, -0.15) is 0 Å². The lowest BCUT2D eigenvalue weighted by Crippen LogP contribution is -2.30. The van der Waals surface area contributed by atoms with Crippen molar-refractivity contribution in [2.75, 3.05) is 13.2 Å². The first kappa shape index (κ1) is 75.6. The standard InChI is InChI=1S/C73H128O6/c1-4-7-10-13-16-19-22-25-28-30-32-33-34-35-36-37-38-39-41-42-45-48-51-54-57-60-63-66-72(75)78-69-70(68-77-71(74)65-62-59-56-53-50-47-44-27-24-21-18-15-12-9-6-3)79-73(76)67-64-61-58-55-52-49-46-43-40-31-29-26-23-20-17-14-11-8-5-2/h17-18,20-22,25-27,29-30,32,40,43-44,70H,4-16,19,23-24,28,31,33-39,41-42,45-69H2,1-3H3/b20-17-,21-18-,25-22-,29-26-,32-30-,43-40-,44-27-. The quantitative estimate of drug-likeness (QED) is 0.0261. The second kappa shape index (κ2) is 67.1. The lowest BCUT2D eigenvalue weighted by Gasteiger charge is -2.18. The van der Waals surface area contributed by atoms with Gasteiger partial charge in [-0.25, -0.2) is 0 Å². The molecule has 0 aliphatic rings. The van der Waals surface area contributed by atoms with Crippen molar-refractivity contribution >= 4 is 17.9 Å². The van der Waals surface area contributed by atoms with E-state index >= 15 is 0 Å². The minimum Gasteiger partial charge on any atom is -0.462 e. The van der Waals surface area contributed by atoms with Gasteiger partial charge < -0.3 is 14.2 Å². The summed E-state index contributed by atoms with van der Waals surface area (Å²) in [5, 5.41) is 0. The molecule has 0 radical (unpaired) electrons. The van der Waals surface area contributed by atoms with Gasteiger partial charge in [-0.05, 0) is 122 Å². The number of carbonyl (C=O) groups is 3. The summed E-state index contributed by atoms with van der Waals surface area (Å²) in [4.78, 5) is 38.4. The predicted octanol–water partition coefficient (Wildman–Crippen LogP) is 23.4. The Labute approximate surface area is 490 Å². The average molecular weight is 1100 g/mol. The molecule has 0 aliphatic heterocycles. The van der Waals surface area contributed by atoms with Gasteiger partial charge in [0.1, 0.15) is 13.2 Å². The van der Waals surface area contributed by atoms with E-state index in [1.165, 1.54) is 193 Å². The van der Waals surface area contributed by atoms with Gasteiger partial charge in [0.15, 0.2) is 6.10 Å². The molecule has 0 N–H and O–H groups in total. The molecule has 0 aromatic heterocycles. The van der Waals surface area contributed by atoms with E-state index < -0.39 is 6.10 Å². The van der Waals surface area contributed by atoms with Crippen molar-refractivity contribution in [3.8, 4) is 0 Å². The summed E-state index contributed by atoms with van der Waals surface area (Å²) in [7, 11) is 0. The molecule has 0 aromatic rings. The summed E-state index contributed by atoms with van der Waals surface area (Å²) in [5.41, 5.74) is 0. The normalized spacial score (nSPS) is 12.6. The molecule has 0 bridgehead atoms. The SMILES string of the molecule is CCCCC/C=C\C/C=C\C/C=C\CCCCCCCCC(=O)OC(COC(=O)CCCCCCC/C=C\C/C=C\CCCCC)COC(=O)CCCCCCCCCCCCCCCCC/C=C\C/C=C\CCCCCCC. The topological polar surface area (TPSA) is 78.9 Å². The van der Waals surface area contributed by atoms with Crippen LogP contribution in [0.3, 0.4) is 0 Å². The first-order valence-electron chi connectivity index (χ1n) is 34.1. The van der Waals surface area contributed by atoms with Crippen LogP contribution in [0.2, 0.25) is 0 Å². The van der Waals surface area contributed by atoms with Crippen molar-refractivity contribution in [2.24, 2.45) is 0 Å². The largest absolute Gasteiger partial charge is 0.462 e. The van der Waals surface area contributed by atoms with Crippen molar-refractivity contribution in [1.29, 1.82) is 0 Å². The molecular formula is C73H128O6. The summed E-state index contributed by atoms with van der Waals surface area (Å²) in [6, 6.07) is 0. The highest BCUT2D eigenvalue weighted by atomic mass is 16.6. The average Bonchev–Trinajstić information content (AvgIpc) is 3.45. The van der Waals surface area contributed by atoms with Crippen LogP contribution < -0.4 is 0 Å². The van der Waals surface area contributed by atoms with E-state index in [1.807, 2.05) is 0 Å². The molecule has 0 saturated carbocycles. The minimum absolute atomic E-state index is 0.0849. The number of hydrogen-bond donors (Lipinski definition) is 0. The van der Waals surface area contributed by atoms with Crippen LogP contribution in [0.5, 0.6) is 0 Å². The third-order valence-corrected chi connectivity index (χ3v) is 14.8. The van der Waals surface area contributed by atoms with Gasteiger partial charge in [0.05, 0.1) is 0 Å². The molecule has 0 aromatic carbocycles. The maximum atomic E-state index is 12.9. The smallest absolute Gasteiger partial charge is 0.306 e. The van der Waals surface area contributed by atoms with E-state index in [0.717, 1.165) is 109 Å². The van der Waals surface area contributed by atoms with Crippen molar-refractivity contribution in [3.05, 3.63) is 85.1 Å². The van der Waals surface area contributed by atoms with E-state index in [2.05, 4.69) is 106 Å². The van der Waals surface area contributed by atoms with Gasteiger partial charge in [0.2, 0.25) is 0 Å². The first-order valence-corrected chi connectivity index (χ1v) is 34.1. The zero-order valence-corrected chi connectivity index (χ0v) is 52.4. The predicted molar refractivity (Wildman–Crippen MR) is 344 cm³/mol. The third kappa shape index (κ3) is 65.3. The van der Waals surface area contributed by atoms with Crippen LogP contribution >= 0.6 is 0 Å². The Morgan fingerprint density at radius 2 is 0.456 bits per heavy atom. The first-order chi connectivity index (χ1) is 39.0. The molecular weight excluding hydrogens is 973 g/mol. The van der Waals surface area contributed by atoms with Crippen molar-refractivity contribution < 1.29 is 28.6 Å².